The normalized spacial score (nSPS) is 38.0. The van der Waals surface area contributed by atoms with Gasteiger partial charge in [0.05, 0.1) is 44.9 Å². The first-order valence-electron chi connectivity index (χ1n) is 12.4. The largest absolute Gasteiger partial charge is 0.504 e. The first-order valence-corrected chi connectivity index (χ1v) is 12.4. The van der Waals surface area contributed by atoms with E-state index in [9.17, 15) is 35.7 Å². The minimum Gasteiger partial charge on any atom is -0.504 e. The number of aliphatic hydroxyl groups is 5. The van der Waals surface area contributed by atoms with Crippen LogP contribution in [0.3, 0.4) is 0 Å². The molecule has 3 heterocycles. The maximum Gasteiger partial charge on any atom is 0.189 e. The van der Waals surface area contributed by atoms with Gasteiger partial charge in [0.15, 0.2) is 41.9 Å². The molecule has 2 unspecified atom stereocenters. The van der Waals surface area contributed by atoms with E-state index in [1.807, 2.05) is 0 Å². The van der Waals surface area contributed by atoms with Gasteiger partial charge >= 0.3 is 0 Å². The van der Waals surface area contributed by atoms with Crippen LogP contribution in [0.4, 0.5) is 0 Å². The summed E-state index contributed by atoms with van der Waals surface area (Å²) in [6.07, 6.45) is -11.8. The summed E-state index contributed by atoms with van der Waals surface area (Å²) in [5.41, 5.74) is 1.07. The summed E-state index contributed by atoms with van der Waals surface area (Å²) in [6, 6.07) is 9.14. The summed E-state index contributed by atoms with van der Waals surface area (Å²) in [7, 11) is 2.79. The minimum atomic E-state index is -1.68. The molecule has 0 spiro atoms. The number of fused-ring (bicyclic) bond motifs is 1. The van der Waals surface area contributed by atoms with Crippen LogP contribution >= 0.6 is 0 Å². The second kappa shape index (κ2) is 11.0. The molecule has 0 bridgehead atoms. The monoisotopic (exact) mass is 552 g/mol. The van der Waals surface area contributed by atoms with Crippen molar-refractivity contribution in [1.29, 1.82) is 0 Å². The van der Waals surface area contributed by atoms with Crippen molar-refractivity contribution < 1.29 is 64.2 Å². The van der Waals surface area contributed by atoms with Crippen molar-refractivity contribution in [2.24, 2.45) is 11.8 Å². The van der Waals surface area contributed by atoms with Crippen LogP contribution < -0.4 is 9.47 Å². The molecule has 5 rings (SSSR count). The number of hydrogen-bond acceptors (Lipinski definition) is 13. The molecule has 7 N–H and O–H groups in total. The second-order valence-electron chi connectivity index (χ2n) is 9.72. The second-order valence-corrected chi connectivity index (χ2v) is 9.72. The van der Waals surface area contributed by atoms with E-state index in [-0.39, 0.29) is 23.0 Å². The Morgan fingerprint density at radius 1 is 0.692 bits per heavy atom. The Morgan fingerprint density at radius 3 is 1.79 bits per heavy atom. The van der Waals surface area contributed by atoms with Gasteiger partial charge in [0, 0.05) is 0 Å². The lowest BCUT2D eigenvalue weighted by Gasteiger charge is -2.41. The fourth-order valence-electron chi connectivity index (χ4n) is 5.50. The van der Waals surface area contributed by atoms with Crippen LogP contribution in [0.1, 0.15) is 23.3 Å². The number of methoxy groups -OCH3 is 2. The van der Waals surface area contributed by atoms with E-state index in [1.54, 1.807) is 24.3 Å². The third kappa shape index (κ3) is 4.90. The van der Waals surface area contributed by atoms with E-state index in [0.717, 1.165) is 0 Å². The summed E-state index contributed by atoms with van der Waals surface area (Å²) in [6.45, 7) is -0.643. The van der Waals surface area contributed by atoms with Gasteiger partial charge in [0.25, 0.3) is 0 Å². The van der Waals surface area contributed by atoms with Crippen molar-refractivity contribution >= 4 is 0 Å². The molecule has 2 aromatic rings. The number of aliphatic hydroxyl groups excluding tert-OH is 5. The minimum absolute atomic E-state index is 0.0952. The number of phenolic OH excluding ortho intramolecular Hbond substituents is 2. The van der Waals surface area contributed by atoms with E-state index in [0.29, 0.717) is 11.1 Å². The van der Waals surface area contributed by atoms with E-state index < -0.39 is 73.9 Å². The van der Waals surface area contributed by atoms with Gasteiger partial charge in [-0.2, -0.15) is 0 Å². The Morgan fingerprint density at radius 2 is 1.26 bits per heavy atom. The highest BCUT2D eigenvalue weighted by atomic mass is 16.8. The van der Waals surface area contributed by atoms with Gasteiger partial charge in [-0.25, -0.2) is 0 Å². The number of benzene rings is 2. The van der Waals surface area contributed by atoms with E-state index in [1.165, 1.54) is 26.4 Å². The molecule has 3 aliphatic rings. The van der Waals surface area contributed by atoms with Gasteiger partial charge < -0.3 is 64.2 Å². The lowest BCUT2D eigenvalue weighted by molar-refractivity contribution is -0.342. The Hall–Kier alpha value is -2.72. The zero-order chi connectivity index (χ0) is 28.0. The van der Waals surface area contributed by atoms with E-state index in [4.69, 9.17) is 28.4 Å². The lowest BCUT2D eigenvalue weighted by atomic mass is 9.83. The van der Waals surface area contributed by atoms with Crippen molar-refractivity contribution in [1.82, 2.24) is 0 Å². The molecule has 3 fully saturated rings. The average molecular weight is 553 g/mol. The topological polar surface area (TPSA) is 197 Å². The molecule has 3 saturated heterocycles. The summed E-state index contributed by atoms with van der Waals surface area (Å²) in [4.78, 5) is 0. The molecule has 0 aliphatic carbocycles. The van der Waals surface area contributed by atoms with Crippen molar-refractivity contribution in [3.63, 3.8) is 0 Å². The molecule has 13 heteroatoms. The summed E-state index contributed by atoms with van der Waals surface area (Å²) in [5.74, 6) is -1.27. The van der Waals surface area contributed by atoms with E-state index >= 15 is 0 Å². The highest BCUT2D eigenvalue weighted by molar-refractivity contribution is 5.44. The van der Waals surface area contributed by atoms with Crippen LogP contribution in [-0.4, -0.2) is 99.9 Å². The first kappa shape index (κ1) is 27.8. The molecule has 0 saturated carbocycles. The molecule has 214 valence electrons. The molecule has 3 aliphatic heterocycles. The standard InChI is InChI=1S/C26H32O13/c1-34-14-7-10(3-5-12(14)28)22-17-18(23(37-24(17)33)11-4-6-13(29)15(8-11)35-2)25(38-22)39-26-21(32)20(31)19(30)16(9-27)36-26/h3-8,16-33H,9H2,1-2H3/t16-,17?,18?,19+,20-,21-,22-,23-,24-,25+,26+/m1/s1. The SMILES string of the molecule is COc1cc([C@H]2O[C@@H](O)C3C2[C@H](O[C@@H]2O[C@H](CO)[C@H](O)[C@@H](O)[C@H]2O)O[C@@H]3c2ccc(O)c(OC)c2)ccc1O. The Labute approximate surface area is 223 Å². The van der Waals surface area contributed by atoms with Crippen molar-refractivity contribution in [3.05, 3.63) is 47.5 Å². The quantitative estimate of drug-likeness (QED) is 0.236. The molecular formula is C26H32O13. The van der Waals surface area contributed by atoms with Crippen molar-refractivity contribution in [2.45, 2.75) is 55.5 Å². The number of ether oxygens (including phenoxy) is 6. The molecular weight excluding hydrogens is 520 g/mol. The third-order valence-corrected chi connectivity index (χ3v) is 7.54. The predicted octanol–water partition coefficient (Wildman–Crippen LogP) is -0.349. The number of rotatable bonds is 7. The smallest absolute Gasteiger partial charge is 0.189 e. The van der Waals surface area contributed by atoms with Gasteiger partial charge in [-0.1, -0.05) is 12.1 Å². The predicted molar refractivity (Wildman–Crippen MR) is 129 cm³/mol. The first-order chi connectivity index (χ1) is 18.7. The van der Waals surface area contributed by atoms with Crippen molar-refractivity contribution in [3.8, 4) is 23.0 Å². The van der Waals surface area contributed by atoms with Gasteiger partial charge in [-0.05, 0) is 35.4 Å². The molecule has 0 aromatic heterocycles. The fraction of sp³-hybridized carbons (Fsp3) is 0.538. The molecule has 0 radical (unpaired) electrons. The van der Waals surface area contributed by atoms with Crippen LogP contribution in [0.25, 0.3) is 0 Å². The maximum atomic E-state index is 11.1. The zero-order valence-electron chi connectivity index (χ0n) is 21.1. The zero-order valence-corrected chi connectivity index (χ0v) is 21.1. The number of hydrogen-bond donors (Lipinski definition) is 7. The Balaban J connectivity index is 1.51. The molecule has 11 atom stereocenters. The third-order valence-electron chi connectivity index (χ3n) is 7.54. The highest BCUT2D eigenvalue weighted by Gasteiger charge is 2.60. The molecule has 2 aromatic carbocycles. The maximum absolute atomic E-state index is 11.1. The van der Waals surface area contributed by atoms with E-state index in [2.05, 4.69) is 0 Å². The summed E-state index contributed by atoms with van der Waals surface area (Å²) < 4.78 is 34.2. The number of phenols is 2. The lowest BCUT2D eigenvalue weighted by Crippen LogP contribution is -2.60. The van der Waals surface area contributed by atoms with Crippen LogP contribution in [0.15, 0.2) is 36.4 Å². The molecule has 13 nitrogen and oxygen atoms in total. The summed E-state index contributed by atoms with van der Waals surface area (Å²) in [5, 5.41) is 71.7. The van der Waals surface area contributed by atoms with Gasteiger partial charge in [0.2, 0.25) is 0 Å². The van der Waals surface area contributed by atoms with Crippen molar-refractivity contribution in [2.75, 3.05) is 20.8 Å². The van der Waals surface area contributed by atoms with Crippen LogP contribution in [0, 0.1) is 11.8 Å². The number of aromatic hydroxyl groups is 2. The fourth-order valence-corrected chi connectivity index (χ4v) is 5.50. The average Bonchev–Trinajstić information content (AvgIpc) is 3.48. The molecule has 39 heavy (non-hydrogen) atoms. The Bertz CT molecular complexity index is 1110. The molecule has 0 amide bonds. The summed E-state index contributed by atoms with van der Waals surface area (Å²) >= 11 is 0. The van der Waals surface area contributed by atoms with Crippen LogP contribution in [0.2, 0.25) is 0 Å². The van der Waals surface area contributed by atoms with Gasteiger partial charge in [0.1, 0.15) is 24.4 Å². The van der Waals surface area contributed by atoms with Gasteiger partial charge in [-0.3, -0.25) is 0 Å². The van der Waals surface area contributed by atoms with Crippen LogP contribution in [0.5, 0.6) is 23.0 Å². The van der Waals surface area contributed by atoms with Gasteiger partial charge in [-0.15, -0.1) is 0 Å². The highest BCUT2D eigenvalue weighted by Crippen LogP contribution is 2.57. The van der Waals surface area contributed by atoms with Crippen LogP contribution in [-0.2, 0) is 18.9 Å². The Kier molecular flexibility index (Phi) is 7.88.